The van der Waals surface area contributed by atoms with Gasteiger partial charge in [-0.05, 0) is 30.3 Å². The highest BCUT2D eigenvalue weighted by Crippen LogP contribution is 2.33. The number of hydrogen-bond donors (Lipinski definition) is 1. The molecule has 0 aliphatic carbocycles. The summed E-state index contributed by atoms with van der Waals surface area (Å²) in [6, 6.07) is 12.2. The molecule has 8 heteroatoms. The van der Waals surface area contributed by atoms with Gasteiger partial charge in [-0.3, -0.25) is 4.72 Å². The van der Waals surface area contributed by atoms with Crippen LogP contribution in [0.3, 0.4) is 0 Å². The lowest BCUT2D eigenvalue weighted by molar-refractivity contribution is 0.252. The average Bonchev–Trinajstić information content (AvgIpc) is 2.40. The van der Waals surface area contributed by atoms with E-state index in [1.165, 1.54) is 24.3 Å². The van der Waals surface area contributed by atoms with E-state index in [1.54, 1.807) is 24.3 Å². The standard InChI is InChI=1S/C13H10BrF2NO2S2/c14-9-4-3-5-10(8-9)21(18,19)17-11-6-1-2-7-12(11)20-13(15)16/h1-8,13,17H. The van der Waals surface area contributed by atoms with Crippen molar-refractivity contribution >= 4 is 43.4 Å². The van der Waals surface area contributed by atoms with Gasteiger partial charge in [-0.25, -0.2) is 8.42 Å². The van der Waals surface area contributed by atoms with Crippen molar-refractivity contribution in [1.29, 1.82) is 0 Å². The molecule has 0 saturated carbocycles. The van der Waals surface area contributed by atoms with Crippen LogP contribution in [0.2, 0.25) is 0 Å². The second-order valence-corrected chi connectivity index (χ2v) is 7.57. The molecule has 0 unspecified atom stereocenters. The summed E-state index contributed by atoms with van der Waals surface area (Å²) in [4.78, 5) is 0.222. The molecule has 0 fully saturated rings. The summed E-state index contributed by atoms with van der Waals surface area (Å²) in [6.45, 7) is 0. The third-order valence-corrected chi connectivity index (χ3v) is 5.10. The van der Waals surface area contributed by atoms with Gasteiger partial charge < -0.3 is 0 Å². The zero-order valence-electron chi connectivity index (χ0n) is 10.5. The van der Waals surface area contributed by atoms with Crippen molar-refractivity contribution in [2.75, 3.05) is 4.72 Å². The first-order chi connectivity index (χ1) is 9.88. The van der Waals surface area contributed by atoms with Gasteiger partial charge in [0.15, 0.2) is 0 Å². The van der Waals surface area contributed by atoms with E-state index >= 15 is 0 Å². The Balaban J connectivity index is 2.33. The highest BCUT2D eigenvalue weighted by molar-refractivity contribution is 9.10. The lowest BCUT2D eigenvalue weighted by atomic mass is 10.3. The minimum atomic E-state index is -3.83. The lowest BCUT2D eigenvalue weighted by Crippen LogP contribution is -2.13. The van der Waals surface area contributed by atoms with Crippen LogP contribution >= 0.6 is 27.7 Å². The Labute approximate surface area is 133 Å². The van der Waals surface area contributed by atoms with Crippen molar-refractivity contribution < 1.29 is 17.2 Å². The first kappa shape index (κ1) is 16.3. The molecule has 3 nitrogen and oxygen atoms in total. The smallest absolute Gasteiger partial charge is 0.278 e. The van der Waals surface area contributed by atoms with Crippen LogP contribution in [0.15, 0.2) is 62.8 Å². The molecule has 2 aromatic rings. The van der Waals surface area contributed by atoms with Crippen molar-refractivity contribution in [3.63, 3.8) is 0 Å². The molecule has 0 saturated heterocycles. The fourth-order valence-electron chi connectivity index (χ4n) is 1.59. The Kier molecular flexibility index (Phi) is 5.23. The first-order valence-electron chi connectivity index (χ1n) is 5.71. The molecule has 0 heterocycles. The van der Waals surface area contributed by atoms with Crippen LogP contribution in [0.1, 0.15) is 0 Å². The van der Waals surface area contributed by atoms with E-state index in [0.717, 1.165) is 0 Å². The molecule has 2 aromatic carbocycles. The zero-order valence-corrected chi connectivity index (χ0v) is 13.7. The van der Waals surface area contributed by atoms with E-state index in [-0.39, 0.29) is 15.5 Å². The molecular weight excluding hydrogens is 384 g/mol. The van der Waals surface area contributed by atoms with E-state index in [0.29, 0.717) is 16.2 Å². The molecule has 0 bridgehead atoms. The highest BCUT2D eigenvalue weighted by atomic mass is 79.9. The summed E-state index contributed by atoms with van der Waals surface area (Å²) in [5.41, 5.74) is 0.128. The molecule has 0 spiro atoms. The molecule has 0 aromatic heterocycles. The van der Waals surface area contributed by atoms with Gasteiger partial charge in [0.05, 0.1) is 10.6 Å². The second-order valence-electron chi connectivity index (χ2n) is 3.94. The fraction of sp³-hybridized carbons (Fsp3) is 0.0769. The number of para-hydroxylation sites is 1. The van der Waals surface area contributed by atoms with E-state index < -0.39 is 15.8 Å². The number of nitrogens with one attached hydrogen (secondary N) is 1. The maximum atomic E-state index is 12.5. The average molecular weight is 394 g/mol. The molecule has 2 rings (SSSR count). The number of sulfonamides is 1. The number of rotatable bonds is 5. The van der Waals surface area contributed by atoms with Gasteiger partial charge in [-0.1, -0.05) is 45.9 Å². The fourth-order valence-corrected chi connectivity index (χ4v) is 3.92. The number of anilines is 1. The topological polar surface area (TPSA) is 46.2 Å². The van der Waals surface area contributed by atoms with Crippen LogP contribution in [0.25, 0.3) is 0 Å². The quantitative estimate of drug-likeness (QED) is 0.757. The summed E-state index contributed by atoms with van der Waals surface area (Å²) in [6.07, 6.45) is 0. The number of halogens is 3. The molecule has 0 amide bonds. The Morgan fingerprint density at radius 2 is 1.81 bits per heavy atom. The Morgan fingerprint density at radius 1 is 1.10 bits per heavy atom. The van der Waals surface area contributed by atoms with Crippen molar-refractivity contribution in [3.8, 4) is 0 Å². The zero-order chi connectivity index (χ0) is 15.5. The van der Waals surface area contributed by atoms with Crippen LogP contribution in [-0.4, -0.2) is 14.2 Å². The van der Waals surface area contributed by atoms with Crippen LogP contribution < -0.4 is 4.72 Å². The Bertz CT molecular complexity index is 738. The molecular formula is C13H10BrF2NO2S2. The van der Waals surface area contributed by atoms with Crippen molar-refractivity contribution in [3.05, 3.63) is 53.0 Å². The van der Waals surface area contributed by atoms with E-state index in [2.05, 4.69) is 20.7 Å². The number of hydrogen-bond acceptors (Lipinski definition) is 3. The predicted molar refractivity (Wildman–Crippen MR) is 83.3 cm³/mol. The van der Waals surface area contributed by atoms with Gasteiger partial charge in [-0.15, -0.1) is 0 Å². The van der Waals surface area contributed by atoms with Crippen molar-refractivity contribution in [2.45, 2.75) is 15.5 Å². The Hall–Kier alpha value is -1.12. The molecule has 0 aliphatic heterocycles. The lowest BCUT2D eigenvalue weighted by Gasteiger charge is -2.12. The first-order valence-corrected chi connectivity index (χ1v) is 8.86. The SMILES string of the molecule is O=S(=O)(Nc1ccccc1SC(F)F)c1cccc(Br)c1. The van der Waals surface area contributed by atoms with Crippen LogP contribution in [0.4, 0.5) is 14.5 Å². The normalized spacial score (nSPS) is 11.6. The van der Waals surface area contributed by atoms with Crippen molar-refractivity contribution in [2.24, 2.45) is 0 Å². The summed E-state index contributed by atoms with van der Waals surface area (Å²) in [5, 5.41) is 0. The molecule has 0 aliphatic rings. The summed E-state index contributed by atoms with van der Waals surface area (Å²) >= 11 is 3.49. The van der Waals surface area contributed by atoms with Crippen LogP contribution in [0.5, 0.6) is 0 Å². The summed E-state index contributed by atoms with van der Waals surface area (Å²) < 4.78 is 52.4. The molecule has 112 valence electrons. The highest BCUT2D eigenvalue weighted by Gasteiger charge is 2.17. The monoisotopic (exact) mass is 393 g/mol. The van der Waals surface area contributed by atoms with Gasteiger partial charge in [0, 0.05) is 9.37 Å². The van der Waals surface area contributed by atoms with Crippen LogP contribution in [-0.2, 0) is 10.0 Å². The molecule has 0 atom stereocenters. The minimum Gasteiger partial charge on any atom is -0.278 e. The third-order valence-electron chi connectivity index (χ3n) is 2.45. The van der Waals surface area contributed by atoms with Gasteiger partial charge in [0.1, 0.15) is 0 Å². The largest absolute Gasteiger partial charge is 0.288 e. The number of thioether (sulfide) groups is 1. The predicted octanol–water partition coefficient (Wildman–Crippen LogP) is 4.56. The summed E-state index contributed by atoms with van der Waals surface area (Å²) in [7, 11) is -3.83. The van der Waals surface area contributed by atoms with Gasteiger partial charge in [-0.2, -0.15) is 8.78 Å². The van der Waals surface area contributed by atoms with Crippen LogP contribution in [0, 0.1) is 0 Å². The maximum absolute atomic E-state index is 12.5. The molecule has 1 N–H and O–H groups in total. The number of benzene rings is 2. The van der Waals surface area contributed by atoms with E-state index in [1.807, 2.05) is 0 Å². The van der Waals surface area contributed by atoms with Gasteiger partial charge in [0.25, 0.3) is 15.8 Å². The molecule has 0 radical (unpaired) electrons. The van der Waals surface area contributed by atoms with Crippen molar-refractivity contribution in [1.82, 2.24) is 0 Å². The third kappa shape index (κ3) is 4.42. The Morgan fingerprint density at radius 3 is 2.48 bits per heavy atom. The minimum absolute atomic E-state index is 0.0497. The van der Waals surface area contributed by atoms with Gasteiger partial charge in [0.2, 0.25) is 0 Å². The second kappa shape index (κ2) is 6.76. The van der Waals surface area contributed by atoms with E-state index in [4.69, 9.17) is 0 Å². The van der Waals surface area contributed by atoms with E-state index in [9.17, 15) is 17.2 Å². The maximum Gasteiger partial charge on any atom is 0.288 e. The number of alkyl halides is 2. The summed E-state index contributed by atoms with van der Waals surface area (Å²) in [5.74, 6) is -2.62. The van der Waals surface area contributed by atoms with Gasteiger partial charge >= 0.3 is 0 Å². The molecule has 21 heavy (non-hydrogen) atoms.